The first-order valence-corrected chi connectivity index (χ1v) is 24.0. The Kier molecular flexibility index (Phi) is 8.18. The summed E-state index contributed by atoms with van der Waals surface area (Å²) >= 11 is 0. The van der Waals surface area contributed by atoms with E-state index in [1.165, 1.54) is 77.7 Å². The minimum atomic E-state index is -0.202. The van der Waals surface area contributed by atoms with Crippen LogP contribution >= 0.6 is 0 Å². The van der Waals surface area contributed by atoms with E-state index in [0.717, 1.165) is 50.4 Å². The minimum absolute atomic E-state index is 0.00375. The van der Waals surface area contributed by atoms with E-state index in [-0.39, 0.29) is 23.0 Å². The molecule has 0 radical (unpaired) electrons. The molecule has 8 aromatic carbocycles. The SMILES string of the molecule is Cc1cc2c3c(c1)-n1c4c(c5cccc(c51)B3c1ccc(N(c3ccc(C(C)(C)C)cc3)c3ccc(C(C)(C)C)cc3)cc1N2c1cccc2c1oc1ccccc12)-c1ccccc1C4(C)C. The van der Waals surface area contributed by atoms with E-state index in [2.05, 4.69) is 240 Å². The van der Waals surface area contributed by atoms with Gasteiger partial charge in [-0.1, -0.05) is 159 Å². The fourth-order valence-electron chi connectivity index (χ4n) is 12.1. The van der Waals surface area contributed by atoms with Gasteiger partial charge in [0.1, 0.15) is 5.58 Å². The van der Waals surface area contributed by atoms with Crippen molar-refractivity contribution in [2.75, 3.05) is 9.80 Å². The summed E-state index contributed by atoms with van der Waals surface area (Å²) in [5.41, 5.74) is 24.2. The quantitative estimate of drug-likeness (QED) is 0.165. The number of hydrogen-bond donors (Lipinski definition) is 0. The average Bonchev–Trinajstić information content (AvgIpc) is 3.95. The molecule has 2 aliphatic heterocycles. The van der Waals surface area contributed by atoms with Gasteiger partial charge in [0.25, 0.3) is 6.71 Å². The Morgan fingerprint density at radius 3 is 1.87 bits per heavy atom. The number of anilines is 6. The minimum Gasteiger partial charge on any atom is -0.454 e. The van der Waals surface area contributed by atoms with Crippen molar-refractivity contribution in [3.05, 3.63) is 192 Å². The van der Waals surface area contributed by atoms with Crippen molar-refractivity contribution in [1.29, 1.82) is 0 Å². The fraction of sp³-hybridized carbons (Fsp3) is 0.194. The molecule has 1 aliphatic carbocycles. The molecular weight excluding hydrogens is 814 g/mol. The summed E-state index contributed by atoms with van der Waals surface area (Å²) in [6.45, 7) is 20.8. The molecular formula is C62H54BN3O. The Morgan fingerprint density at radius 1 is 0.537 bits per heavy atom. The molecule has 67 heavy (non-hydrogen) atoms. The monoisotopic (exact) mass is 867 g/mol. The van der Waals surface area contributed by atoms with E-state index in [0.29, 0.717) is 0 Å². The van der Waals surface area contributed by atoms with E-state index in [9.17, 15) is 0 Å². The Labute approximate surface area is 394 Å². The van der Waals surface area contributed by atoms with Crippen molar-refractivity contribution in [2.24, 2.45) is 0 Å². The molecule has 0 bridgehead atoms. The van der Waals surface area contributed by atoms with Gasteiger partial charge in [-0.2, -0.15) is 0 Å². The number of hydrogen-bond acceptors (Lipinski definition) is 3. The van der Waals surface area contributed by atoms with Crippen molar-refractivity contribution >= 4 is 90.1 Å². The normalized spacial score (nSPS) is 14.4. The van der Waals surface area contributed by atoms with Crippen LogP contribution in [0.2, 0.25) is 0 Å². The molecule has 0 amide bonds. The van der Waals surface area contributed by atoms with Crippen LogP contribution in [-0.2, 0) is 16.2 Å². The summed E-state index contributed by atoms with van der Waals surface area (Å²) in [5, 5.41) is 3.57. The van der Waals surface area contributed by atoms with E-state index >= 15 is 0 Å². The van der Waals surface area contributed by atoms with E-state index in [1.807, 2.05) is 0 Å². The molecule has 0 spiro atoms. The lowest BCUT2D eigenvalue weighted by Crippen LogP contribution is -2.60. The van der Waals surface area contributed by atoms with Crippen LogP contribution in [0.25, 0.3) is 49.7 Å². The smallest absolute Gasteiger partial charge is 0.252 e. The maximum absolute atomic E-state index is 6.94. The van der Waals surface area contributed by atoms with Gasteiger partial charge < -0.3 is 18.8 Å². The Bertz CT molecular complexity index is 3650. The van der Waals surface area contributed by atoms with Gasteiger partial charge in [0.15, 0.2) is 5.58 Å². The van der Waals surface area contributed by atoms with Gasteiger partial charge >= 0.3 is 0 Å². The largest absolute Gasteiger partial charge is 0.454 e. The average molecular weight is 868 g/mol. The van der Waals surface area contributed by atoms with Crippen LogP contribution in [0, 0.1) is 6.92 Å². The van der Waals surface area contributed by atoms with Crippen molar-refractivity contribution in [3.8, 4) is 16.8 Å². The van der Waals surface area contributed by atoms with Crippen LogP contribution in [-0.4, -0.2) is 11.3 Å². The molecule has 10 aromatic rings. The van der Waals surface area contributed by atoms with Gasteiger partial charge in [-0.3, -0.25) is 0 Å². The lowest BCUT2D eigenvalue weighted by molar-refractivity contribution is 0.590. The van der Waals surface area contributed by atoms with Gasteiger partial charge in [-0.05, 0) is 123 Å². The van der Waals surface area contributed by atoms with Gasteiger partial charge in [0, 0.05) is 72.5 Å². The van der Waals surface area contributed by atoms with Crippen LogP contribution in [0.5, 0.6) is 0 Å². The number of aromatic nitrogens is 1. The highest BCUT2D eigenvalue weighted by molar-refractivity contribution is 7.00. The zero-order chi connectivity index (χ0) is 45.9. The maximum atomic E-state index is 6.94. The summed E-state index contributed by atoms with van der Waals surface area (Å²) in [5.74, 6) is 0. The molecule has 2 aromatic heterocycles. The predicted molar refractivity (Wildman–Crippen MR) is 284 cm³/mol. The van der Waals surface area contributed by atoms with E-state index in [1.54, 1.807) is 0 Å². The van der Waals surface area contributed by atoms with E-state index < -0.39 is 0 Å². The number of fused-ring (bicyclic) bond motifs is 12. The summed E-state index contributed by atoms with van der Waals surface area (Å²) in [6, 6.07) is 61.7. The molecule has 13 rings (SSSR count). The van der Waals surface area contributed by atoms with Crippen LogP contribution in [0.1, 0.15) is 83.3 Å². The lowest BCUT2D eigenvalue weighted by atomic mass is 9.33. The van der Waals surface area contributed by atoms with Crippen molar-refractivity contribution in [3.63, 3.8) is 0 Å². The molecule has 5 heteroatoms. The summed E-state index contributed by atoms with van der Waals surface area (Å²) in [6.07, 6.45) is 0. The zero-order valence-corrected chi connectivity index (χ0v) is 39.9. The topological polar surface area (TPSA) is 24.6 Å². The van der Waals surface area contributed by atoms with Crippen molar-refractivity contribution in [2.45, 2.75) is 78.6 Å². The van der Waals surface area contributed by atoms with Gasteiger partial charge in [0.05, 0.1) is 5.69 Å². The van der Waals surface area contributed by atoms with Crippen LogP contribution in [0.4, 0.5) is 34.1 Å². The third-order valence-electron chi connectivity index (χ3n) is 15.3. The molecule has 0 saturated carbocycles. The standard InChI is InChI=1S/C62H54BN3O/c1-37-34-52-56-53(35-37)66-57-46(55-45-17-10-12-20-47(45)62(8,9)59(55)66)19-14-21-49(57)63(56)48-33-32-42(36-51(48)65(52)50-22-15-18-44-43-16-11-13-23-54(43)67-58(44)50)64(40-28-24-38(25-29-40)60(2,3)4)41-30-26-39(27-31-41)61(5,6)7/h10-36H,1-9H3. The van der Waals surface area contributed by atoms with Crippen molar-refractivity contribution < 1.29 is 4.42 Å². The molecule has 3 aliphatic rings. The number of benzene rings is 8. The number of furan rings is 1. The fourth-order valence-corrected chi connectivity index (χ4v) is 12.1. The van der Waals surface area contributed by atoms with E-state index in [4.69, 9.17) is 4.42 Å². The van der Waals surface area contributed by atoms with Crippen molar-refractivity contribution in [1.82, 2.24) is 4.57 Å². The highest BCUT2D eigenvalue weighted by Gasteiger charge is 2.47. The second-order valence-electron chi connectivity index (χ2n) is 21.9. The first-order chi connectivity index (χ1) is 32.2. The highest BCUT2D eigenvalue weighted by Crippen LogP contribution is 2.55. The Hall–Kier alpha value is -7.24. The second kappa shape index (κ2) is 13.7. The first-order valence-electron chi connectivity index (χ1n) is 24.0. The molecule has 0 N–H and O–H groups in total. The molecule has 0 atom stereocenters. The van der Waals surface area contributed by atoms with Crippen LogP contribution < -0.4 is 26.2 Å². The molecule has 4 heterocycles. The Balaban J connectivity index is 1.12. The van der Waals surface area contributed by atoms with Gasteiger partial charge in [-0.25, -0.2) is 0 Å². The molecule has 0 fully saturated rings. The van der Waals surface area contributed by atoms with Gasteiger partial charge in [-0.15, -0.1) is 0 Å². The first kappa shape index (κ1) is 40.1. The third kappa shape index (κ3) is 5.61. The summed E-state index contributed by atoms with van der Waals surface area (Å²) < 4.78 is 9.60. The Morgan fingerprint density at radius 2 is 1.15 bits per heavy atom. The number of para-hydroxylation sites is 3. The number of nitrogens with zero attached hydrogens (tertiary/aromatic N) is 3. The predicted octanol–water partition coefficient (Wildman–Crippen LogP) is 14.8. The maximum Gasteiger partial charge on any atom is 0.252 e. The van der Waals surface area contributed by atoms with Gasteiger partial charge in [0.2, 0.25) is 0 Å². The molecule has 326 valence electrons. The molecule has 0 saturated heterocycles. The highest BCUT2D eigenvalue weighted by atomic mass is 16.3. The zero-order valence-electron chi connectivity index (χ0n) is 39.9. The second-order valence-corrected chi connectivity index (χ2v) is 21.9. The van der Waals surface area contributed by atoms with Crippen LogP contribution in [0.15, 0.2) is 168 Å². The van der Waals surface area contributed by atoms with Crippen LogP contribution in [0.3, 0.4) is 0 Å². The summed E-state index contributed by atoms with van der Waals surface area (Å²) in [7, 11) is 0. The number of aryl methyl sites for hydroxylation is 1. The lowest BCUT2D eigenvalue weighted by Gasteiger charge is -2.41. The molecule has 4 nitrogen and oxygen atoms in total. The summed E-state index contributed by atoms with van der Waals surface area (Å²) in [4.78, 5) is 4.97. The number of rotatable bonds is 4. The molecule has 0 unspecified atom stereocenters. The third-order valence-corrected chi connectivity index (χ3v) is 15.3.